The lowest BCUT2D eigenvalue weighted by Gasteiger charge is -2.17. The molecule has 2 aromatic carbocycles. The number of carbonyl (C=O) groups is 2. The van der Waals surface area contributed by atoms with Crippen molar-refractivity contribution in [1.29, 1.82) is 0 Å². The monoisotopic (exact) mass is 415 g/mol. The molecule has 0 aromatic heterocycles. The van der Waals surface area contributed by atoms with Gasteiger partial charge in [0.1, 0.15) is 5.75 Å². The molecule has 0 aliphatic rings. The van der Waals surface area contributed by atoms with Gasteiger partial charge in [-0.1, -0.05) is 12.1 Å². The number of hydrogen-bond acceptors (Lipinski definition) is 6. The van der Waals surface area contributed by atoms with Crippen LogP contribution in [0.3, 0.4) is 0 Å². The van der Waals surface area contributed by atoms with Gasteiger partial charge in [0.05, 0.1) is 39.1 Å². The molecule has 0 aliphatic heterocycles. The number of amides is 2. The summed E-state index contributed by atoms with van der Waals surface area (Å²) in [6, 6.07) is 12.4. The molecule has 0 spiro atoms. The fourth-order valence-electron chi connectivity index (χ4n) is 2.81. The molecule has 0 saturated heterocycles. The normalized spacial score (nSPS) is 10.4. The first-order chi connectivity index (χ1) is 14.5. The lowest BCUT2D eigenvalue weighted by Crippen LogP contribution is -2.36. The molecule has 2 rings (SSSR count). The van der Waals surface area contributed by atoms with Crippen molar-refractivity contribution in [2.45, 2.75) is 13.8 Å². The summed E-state index contributed by atoms with van der Waals surface area (Å²) in [6.45, 7) is 4.89. The van der Waals surface area contributed by atoms with Gasteiger partial charge >= 0.3 is 0 Å². The Kier molecular flexibility index (Phi) is 8.96. The van der Waals surface area contributed by atoms with Crippen molar-refractivity contribution in [2.24, 2.45) is 0 Å². The highest BCUT2D eigenvalue weighted by Gasteiger charge is 2.14. The number of anilines is 2. The molecule has 0 unspecified atom stereocenters. The van der Waals surface area contributed by atoms with Crippen molar-refractivity contribution in [3.63, 3.8) is 0 Å². The maximum Gasteiger partial charge on any atom is 0.238 e. The molecular weight excluding hydrogens is 386 g/mol. The van der Waals surface area contributed by atoms with E-state index in [-0.39, 0.29) is 24.9 Å². The standard InChI is InChI=1S/C22H29N3O5/c1-5-29-19-12-11-16(13-20(19)30-6-2)23-21(26)14-25(3)15-22(27)24-17-9-7-8-10-18(17)28-4/h7-13H,5-6,14-15H2,1-4H3,(H,23,26)(H,24,27). The second-order valence-electron chi connectivity index (χ2n) is 6.50. The number of nitrogens with zero attached hydrogens (tertiary/aromatic N) is 1. The number of likely N-dealkylation sites (N-methyl/N-ethyl adjacent to an activating group) is 1. The Morgan fingerprint density at radius 2 is 1.50 bits per heavy atom. The van der Waals surface area contributed by atoms with E-state index in [1.165, 1.54) is 0 Å². The third kappa shape index (κ3) is 6.97. The third-order valence-electron chi connectivity index (χ3n) is 4.04. The molecule has 0 saturated carbocycles. The van der Waals surface area contributed by atoms with Crippen LogP contribution in [0.25, 0.3) is 0 Å². The van der Waals surface area contributed by atoms with E-state index in [1.54, 1.807) is 49.4 Å². The Balaban J connectivity index is 1.89. The minimum Gasteiger partial charge on any atom is -0.495 e. The summed E-state index contributed by atoms with van der Waals surface area (Å²) in [5, 5.41) is 5.60. The predicted octanol–water partition coefficient (Wildman–Crippen LogP) is 3.00. The molecule has 0 radical (unpaired) electrons. The van der Waals surface area contributed by atoms with Gasteiger partial charge in [-0.05, 0) is 45.2 Å². The van der Waals surface area contributed by atoms with E-state index in [4.69, 9.17) is 14.2 Å². The summed E-state index contributed by atoms with van der Waals surface area (Å²) in [4.78, 5) is 26.3. The Bertz CT molecular complexity index is 856. The zero-order chi connectivity index (χ0) is 21.9. The molecule has 2 N–H and O–H groups in total. The Morgan fingerprint density at radius 3 is 2.17 bits per heavy atom. The summed E-state index contributed by atoms with van der Waals surface area (Å²) < 4.78 is 16.3. The van der Waals surface area contributed by atoms with Crippen molar-refractivity contribution in [1.82, 2.24) is 4.90 Å². The average Bonchev–Trinajstić information content (AvgIpc) is 2.70. The number of ether oxygens (including phenoxy) is 3. The summed E-state index contributed by atoms with van der Waals surface area (Å²) in [5.74, 6) is 1.29. The van der Waals surface area contributed by atoms with Crippen LogP contribution in [0.1, 0.15) is 13.8 Å². The van der Waals surface area contributed by atoms with E-state index in [9.17, 15) is 9.59 Å². The molecule has 0 fully saturated rings. The van der Waals surface area contributed by atoms with Crippen LogP contribution in [0, 0.1) is 0 Å². The van der Waals surface area contributed by atoms with Crippen LogP contribution < -0.4 is 24.8 Å². The van der Waals surface area contributed by atoms with Gasteiger partial charge in [0.2, 0.25) is 11.8 Å². The second-order valence-corrected chi connectivity index (χ2v) is 6.50. The summed E-state index contributed by atoms with van der Waals surface area (Å²) in [7, 11) is 3.24. The molecular formula is C22H29N3O5. The number of carbonyl (C=O) groups excluding carboxylic acids is 2. The second kappa shape index (κ2) is 11.7. The molecule has 30 heavy (non-hydrogen) atoms. The van der Waals surface area contributed by atoms with E-state index in [0.717, 1.165) is 0 Å². The summed E-state index contributed by atoms with van der Waals surface area (Å²) >= 11 is 0. The first-order valence-corrected chi connectivity index (χ1v) is 9.77. The van der Waals surface area contributed by atoms with E-state index in [1.807, 2.05) is 26.0 Å². The minimum atomic E-state index is -0.241. The quantitative estimate of drug-likeness (QED) is 0.587. The van der Waals surface area contributed by atoms with Crippen LogP contribution >= 0.6 is 0 Å². The lowest BCUT2D eigenvalue weighted by molar-refractivity contribution is -0.119. The van der Waals surface area contributed by atoms with Gasteiger partial charge in [0.15, 0.2) is 11.5 Å². The molecule has 8 nitrogen and oxygen atoms in total. The van der Waals surface area contributed by atoms with Crippen LogP contribution in [-0.4, -0.2) is 57.2 Å². The third-order valence-corrected chi connectivity index (χ3v) is 4.04. The van der Waals surface area contributed by atoms with Crippen molar-refractivity contribution in [2.75, 3.05) is 51.1 Å². The minimum absolute atomic E-state index is 0.0521. The van der Waals surface area contributed by atoms with Gasteiger partial charge in [-0.15, -0.1) is 0 Å². The zero-order valence-corrected chi connectivity index (χ0v) is 17.9. The molecule has 0 atom stereocenters. The number of para-hydroxylation sites is 2. The van der Waals surface area contributed by atoms with Crippen LogP contribution in [0.15, 0.2) is 42.5 Å². The molecule has 0 bridgehead atoms. The maximum absolute atomic E-state index is 12.4. The first kappa shape index (κ1) is 23.0. The van der Waals surface area contributed by atoms with Crippen LogP contribution in [0.4, 0.5) is 11.4 Å². The van der Waals surface area contributed by atoms with Gasteiger partial charge in [-0.2, -0.15) is 0 Å². The number of hydrogen-bond donors (Lipinski definition) is 2. The Labute approximate surface area is 177 Å². The van der Waals surface area contributed by atoms with Crippen LogP contribution in [-0.2, 0) is 9.59 Å². The zero-order valence-electron chi connectivity index (χ0n) is 17.9. The lowest BCUT2D eigenvalue weighted by atomic mass is 10.2. The molecule has 0 aliphatic carbocycles. The van der Waals surface area contributed by atoms with Crippen LogP contribution in [0.5, 0.6) is 17.2 Å². The van der Waals surface area contributed by atoms with Gasteiger partial charge in [0, 0.05) is 11.8 Å². The Morgan fingerprint density at radius 1 is 0.867 bits per heavy atom. The van der Waals surface area contributed by atoms with Gasteiger partial charge in [-0.25, -0.2) is 0 Å². The first-order valence-electron chi connectivity index (χ1n) is 9.77. The van der Waals surface area contributed by atoms with E-state index in [0.29, 0.717) is 41.8 Å². The summed E-state index contributed by atoms with van der Waals surface area (Å²) in [5.41, 5.74) is 1.18. The van der Waals surface area contributed by atoms with Crippen LogP contribution in [0.2, 0.25) is 0 Å². The van der Waals surface area contributed by atoms with Crippen molar-refractivity contribution in [3.8, 4) is 17.2 Å². The average molecular weight is 415 g/mol. The number of methoxy groups -OCH3 is 1. The number of rotatable bonds is 11. The highest BCUT2D eigenvalue weighted by Crippen LogP contribution is 2.30. The smallest absolute Gasteiger partial charge is 0.238 e. The van der Waals surface area contributed by atoms with Gasteiger partial charge in [0.25, 0.3) is 0 Å². The number of benzene rings is 2. The fourth-order valence-corrected chi connectivity index (χ4v) is 2.81. The topological polar surface area (TPSA) is 89.1 Å². The highest BCUT2D eigenvalue weighted by molar-refractivity contribution is 5.95. The van der Waals surface area contributed by atoms with E-state index in [2.05, 4.69) is 10.6 Å². The molecule has 2 amide bonds. The SMILES string of the molecule is CCOc1ccc(NC(=O)CN(C)CC(=O)Nc2ccccc2OC)cc1OCC. The largest absolute Gasteiger partial charge is 0.495 e. The van der Waals surface area contributed by atoms with Crippen molar-refractivity contribution >= 4 is 23.2 Å². The van der Waals surface area contributed by atoms with Crippen molar-refractivity contribution in [3.05, 3.63) is 42.5 Å². The predicted molar refractivity (Wildman–Crippen MR) is 117 cm³/mol. The molecule has 0 heterocycles. The Hall–Kier alpha value is -3.26. The van der Waals surface area contributed by atoms with E-state index >= 15 is 0 Å². The molecule has 2 aromatic rings. The van der Waals surface area contributed by atoms with Crippen molar-refractivity contribution < 1.29 is 23.8 Å². The maximum atomic E-state index is 12.4. The van der Waals surface area contributed by atoms with Gasteiger partial charge in [-0.3, -0.25) is 14.5 Å². The number of nitrogens with one attached hydrogen (secondary N) is 2. The molecule has 162 valence electrons. The fraction of sp³-hybridized carbons (Fsp3) is 0.364. The van der Waals surface area contributed by atoms with Gasteiger partial charge < -0.3 is 24.8 Å². The van der Waals surface area contributed by atoms with E-state index < -0.39 is 0 Å². The highest BCUT2D eigenvalue weighted by atomic mass is 16.5. The summed E-state index contributed by atoms with van der Waals surface area (Å²) in [6.07, 6.45) is 0. The molecule has 8 heteroatoms.